The maximum atomic E-state index is 14.0. The summed E-state index contributed by atoms with van der Waals surface area (Å²) in [7, 11) is 0. The van der Waals surface area contributed by atoms with Crippen molar-refractivity contribution in [2.24, 2.45) is 0 Å². The Bertz CT molecular complexity index is 1640. The molecule has 2 saturated carbocycles. The van der Waals surface area contributed by atoms with Crippen LogP contribution < -0.4 is 10.6 Å². The molecule has 0 unspecified atom stereocenters. The lowest BCUT2D eigenvalue weighted by Crippen LogP contribution is -2.22. The van der Waals surface area contributed by atoms with Crippen LogP contribution >= 0.6 is 0 Å². The third-order valence-corrected chi connectivity index (χ3v) is 9.57. The van der Waals surface area contributed by atoms with Crippen molar-refractivity contribution in [2.45, 2.75) is 76.0 Å². The molecule has 0 bridgehead atoms. The Morgan fingerprint density at radius 3 is 1.64 bits per heavy atom. The van der Waals surface area contributed by atoms with Gasteiger partial charge in [-0.2, -0.15) is 0 Å². The lowest BCUT2D eigenvalue weighted by atomic mass is 9.82. The van der Waals surface area contributed by atoms with Crippen LogP contribution in [0.1, 0.15) is 119 Å². The molecule has 3 aliphatic rings. The van der Waals surface area contributed by atoms with Gasteiger partial charge in [0.05, 0.1) is 16.9 Å². The van der Waals surface area contributed by atoms with Gasteiger partial charge in [-0.15, -0.1) is 0 Å². The number of nitrogens with one attached hydrogen (secondary N) is 2. The van der Waals surface area contributed by atoms with E-state index in [0.717, 1.165) is 17.1 Å². The number of ketones is 2. The first kappa shape index (κ1) is 26.7. The van der Waals surface area contributed by atoms with Gasteiger partial charge in [0, 0.05) is 28.1 Å². The Kier molecular flexibility index (Phi) is 7.37. The maximum Gasteiger partial charge on any atom is 0.196 e. The number of hydrogen-bond donors (Lipinski definition) is 2. The normalized spacial score (nSPS) is 17.4. The van der Waals surface area contributed by atoms with E-state index in [2.05, 4.69) is 59.2 Å². The molecular formula is C38H38N2O2. The van der Waals surface area contributed by atoms with Crippen LogP contribution in [0.15, 0.2) is 84.9 Å². The highest BCUT2D eigenvalue weighted by molar-refractivity contribution is 6.31. The van der Waals surface area contributed by atoms with Crippen molar-refractivity contribution in [2.75, 3.05) is 10.6 Å². The van der Waals surface area contributed by atoms with E-state index in [4.69, 9.17) is 0 Å². The summed E-state index contributed by atoms with van der Waals surface area (Å²) in [6, 6.07) is 28.2. The summed E-state index contributed by atoms with van der Waals surface area (Å²) in [5.74, 6) is 0.941. The van der Waals surface area contributed by atoms with Crippen LogP contribution in [0, 0.1) is 0 Å². The van der Waals surface area contributed by atoms with Gasteiger partial charge in [0.15, 0.2) is 11.6 Å². The quantitative estimate of drug-likeness (QED) is 0.219. The molecule has 4 heteroatoms. The van der Waals surface area contributed by atoms with E-state index in [1.807, 2.05) is 24.3 Å². The lowest BCUT2D eigenvalue weighted by Gasteiger charge is -2.25. The van der Waals surface area contributed by atoms with Gasteiger partial charge in [-0.1, -0.05) is 87.1 Å². The number of anilines is 4. The van der Waals surface area contributed by atoms with E-state index in [-0.39, 0.29) is 11.6 Å². The maximum absolute atomic E-state index is 14.0. The monoisotopic (exact) mass is 554 g/mol. The second-order valence-corrected chi connectivity index (χ2v) is 12.3. The van der Waals surface area contributed by atoms with Crippen molar-refractivity contribution in [3.63, 3.8) is 0 Å². The second-order valence-electron chi connectivity index (χ2n) is 12.3. The molecule has 3 aliphatic carbocycles. The molecular weight excluding hydrogens is 516 g/mol. The molecule has 0 heterocycles. The van der Waals surface area contributed by atoms with Gasteiger partial charge >= 0.3 is 0 Å². The Balaban J connectivity index is 1.29. The molecule has 2 N–H and O–H groups in total. The molecule has 212 valence electrons. The van der Waals surface area contributed by atoms with E-state index in [1.54, 1.807) is 12.1 Å². The third kappa shape index (κ3) is 5.15. The molecule has 42 heavy (non-hydrogen) atoms. The van der Waals surface area contributed by atoms with Crippen molar-refractivity contribution in [3.05, 3.63) is 118 Å². The first-order valence-corrected chi connectivity index (χ1v) is 15.7. The molecule has 0 radical (unpaired) electrons. The fourth-order valence-electron chi connectivity index (χ4n) is 7.33. The highest BCUT2D eigenvalue weighted by atomic mass is 16.1. The molecule has 0 atom stereocenters. The van der Waals surface area contributed by atoms with Crippen LogP contribution in [0.3, 0.4) is 0 Å². The van der Waals surface area contributed by atoms with Crippen molar-refractivity contribution >= 4 is 34.3 Å². The number of hydrogen-bond acceptors (Lipinski definition) is 4. The van der Waals surface area contributed by atoms with E-state index in [1.165, 1.54) is 75.3 Å². The summed E-state index contributed by atoms with van der Waals surface area (Å²) in [6.45, 7) is 0. The zero-order chi connectivity index (χ0) is 28.5. The molecule has 4 aromatic rings. The predicted molar refractivity (Wildman–Crippen MR) is 171 cm³/mol. The molecule has 0 amide bonds. The number of fused-ring (bicyclic) bond motifs is 2. The van der Waals surface area contributed by atoms with Gasteiger partial charge in [-0.05, 0) is 85.0 Å². The average Bonchev–Trinajstić information content (AvgIpc) is 3.05. The van der Waals surface area contributed by atoms with Crippen LogP contribution in [-0.2, 0) is 0 Å². The predicted octanol–water partition coefficient (Wildman–Crippen LogP) is 10.0. The van der Waals surface area contributed by atoms with Crippen molar-refractivity contribution in [1.82, 2.24) is 0 Å². The summed E-state index contributed by atoms with van der Waals surface area (Å²) in [6.07, 6.45) is 12.7. The Hall–Kier alpha value is -4.18. The van der Waals surface area contributed by atoms with Crippen LogP contribution in [-0.4, -0.2) is 11.6 Å². The number of rotatable bonds is 6. The van der Waals surface area contributed by atoms with E-state index >= 15 is 0 Å². The summed E-state index contributed by atoms with van der Waals surface area (Å²) in [4.78, 5) is 27.6. The molecule has 2 fully saturated rings. The molecule has 0 aliphatic heterocycles. The summed E-state index contributed by atoms with van der Waals surface area (Å²) < 4.78 is 0. The number of carbonyl (C=O) groups is 2. The smallest absolute Gasteiger partial charge is 0.196 e. The fourth-order valence-corrected chi connectivity index (χ4v) is 7.33. The summed E-state index contributed by atoms with van der Waals surface area (Å²) in [5.41, 5.74) is 7.91. The van der Waals surface area contributed by atoms with Crippen LogP contribution in [0.25, 0.3) is 0 Å². The van der Waals surface area contributed by atoms with Crippen LogP contribution in [0.2, 0.25) is 0 Å². The second kappa shape index (κ2) is 11.6. The molecule has 4 aromatic carbocycles. The highest BCUT2D eigenvalue weighted by Gasteiger charge is 2.33. The first-order chi connectivity index (χ1) is 20.7. The van der Waals surface area contributed by atoms with Gasteiger partial charge in [-0.25, -0.2) is 0 Å². The minimum absolute atomic E-state index is 0.106. The minimum atomic E-state index is -0.120. The van der Waals surface area contributed by atoms with Crippen molar-refractivity contribution < 1.29 is 9.59 Å². The SMILES string of the molecule is O=C1c2ccccc2C(=O)c2c1ccc(Nc1cccc(C3CCCCC3)c1)c2Nc1cccc(C2CCCCC2)c1. The molecule has 0 saturated heterocycles. The molecule has 0 spiro atoms. The largest absolute Gasteiger partial charge is 0.354 e. The van der Waals surface area contributed by atoms with Crippen LogP contribution in [0.4, 0.5) is 22.7 Å². The lowest BCUT2D eigenvalue weighted by molar-refractivity contribution is 0.0980. The molecule has 7 rings (SSSR count). The highest BCUT2D eigenvalue weighted by Crippen LogP contribution is 2.41. The van der Waals surface area contributed by atoms with Gasteiger partial charge < -0.3 is 10.6 Å². The fraction of sp³-hybridized carbons (Fsp3) is 0.316. The Labute approximate surface area is 248 Å². The van der Waals surface area contributed by atoms with Gasteiger partial charge in [-0.3, -0.25) is 9.59 Å². The van der Waals surface area contributed by atoms with Crippen molar-refractivity contribution in [1.29, 1.82) is 0 Å². The Morgan fingerprint density at radius 2 is 1.05 bits per heavy atom. The number of carbonyl (C=O) groups excluding carboxylic acids is 2. The van der Waals surface area contributed by atoms with Gasteiger partial charge in [0.1, 0.15) is 0 Å². The summed E-state index contributed by atoms with van der Waals surface area (Å²) >= 11 is 0. The zero-order valence-corrected chi connectivity index (χ0v) is 24.1. The topological polar surface area (TPSA) is 58.2 Å². The van der Waals surface area contributed by atoms with Crippen molar-refractivity contribution in [3.8, 4) is 0 Å². The molecule has 4 nitrogen and oxygen atoms in total. The molecule has 0 aromatic heterocycles. The Morgan fingerprint density at radius 1 is 0.500 bits per heavy atom. The van der Waals surface area contributed by atoms with E-state index in [9.17, 15) is 9.59 Å². The zero-order valence-electron chi connectivity index (χ0n) is 24.1. The number of benzene rings is 4. The summed E-state index contributed by atoms with van der Waals surface area (Å²) in [5, 5.41) is 7.26. The van der Waals surface area contributed by atoms with Gasteiger partial charge in [0.2, 0.25) is 0 Å². The standard InChI is InChI=1S/C38H38N2O2/c41-37-31-19-7-8-20-32(31)38(42)35-33(37)21-22-34(39-29-17-9-15-27(23-29)25-11-3-1-4-12-25)36(35)40-30-18-10-16-28(24-30)26-13-5-2-6-14-26/h7-10,15-26,39-40H,1-6,11-14H2. The first-order valence-electron chi connectivity index (χ1n) is 15.7. The average molecular weight is 555 g/mol. The minimum Gasteiger partial charge on any atom is -0.354 e. The third-order valence-electron chi connectivity index (χ3n) is 9.57. The van der Waals surface area contributed by atoms with Crippen LogP contribution in [0.5, 0.6) is 0 Å². The van der Waals surface area contributed by atoms with E-state index < -0.39 is 0 Å². The van der Waals surface area contributed by atoms with E-state index in [0.29, 0.717) is 39.8 Å². The van der Waals surface area contributed by atoms with Gasteiger partial charge in [0.25, 0.3) is 0 Å².